The van der Waals surface area contributed by atoms with Crippen LogP contribution in [-0.2, 0) is 0 Å². The molecule has 1 aliphatic rings. The minimum Gasteiger partial charge on any atom is -0.490 e. The number of nitrogens with one attached hydrogen (secondary N) is 1. The van der Waals surface area contributed by atoms with Crippen molar-refractivity contribution in [1.29, 1.82) is 0 Å². The highest BCUT2D eigenvalue weighted by Crippen LogP contribution is 2.32. The van der Waals surface area contributed by atoms with E-state index in [0.717, 1.165) is 17.9 Å². The molecule has 0 radical (unpaired) electrons. The van der Waals surface area contributed by atoms with Gasteiger partial charge in [0.1, 0.15) is 0 Å². The third kappa shape index (κ3) is 3.64. The van der Waals surface area contributed by atoms with Gasteiger partial charge in [-0.15, -0.1) is 0 Å². The third-order valence-corrected chi connectivity index (χ3v) is 3.93. The van der Waals surface area contributed by atoms with E-state index in [4.69, 9.17) is 9.47 Å². The molecule has 0 saturated heterocycles. The molecule has 4 nitrogen and oxygen atoms in total. The lowest BCUT2D eigenvalue weighted by atomic mass is 10.0. The minimum atomic E-state index is 0.196. The van der Waals surface area contributed by atoms with Crippen molar-refractivity contribution in [3.63, 3.8) is 0 Å². The Balaban J connectivity index is 2.06. The van der Waals surface area contributed by atoms with E-state index in [1.165, 1.54) is 5.56 Å². The Kier molecular flexibility index (Phi) is 5.26. The maximum Gasteiger partial charge on any atom is 0.161 e. The molecule has 0 saturated carbocycles. The van der Waals surface area contributed by atoms with E-state index in [2.05, 4.69) is 31.3 Å². The second kappa shape index (κ2) is 6.95. The molecule has 20 heavy (non-hydrogen) atoms. The molecule has 4 heteroatoms. The highest BCUT2D eigenvalue weighted by molar-refractivity contribution is 5.44. The molecule has 1 aromatic rings. The van der Waals surface area contributed by atoms with E-state index in [1.54, 1.807) is 0 Å². The van der Waals surface area contributed by atoms with Gasteiger partial charge in [-0.2, -0.15) is 0 Å². The number of benzene rings is 1. The lowest BCUT2D eigenvalue weighted by Crippen LogP contribution is -2.35. The highest BCUT2D eigenvalue weighted by atomic mass is 16.5. The molecule has 1 aromatic carbocycles. The topological polar surface area (TPSA) is 50.7 Å². The van der Waals surface area contributed by atoms with Gasteiger partial charge in [-0.25, -0.2) is 0 Å². The molecule has 112 valence electrons. The fourth-order valence-electron chi connectivity index (χ4n) is 2.26. The van der Waals surface area contributed by atoms with Crippen LogP contribution in [0.3, 0.4) is 0 Å². The molecule has 0 aliphatic carbocycles. The first-order valence-corrected chi connectivity index (χ1v) is 7.38. The molecule has 2 rings (SSSR count). The average molecular weight is 279 g/mol. The number of ether oxygens (including phenoxy) is 2. The third-order valence-electron chi connectivity index (χ3n) is 3.93. The molecule has 1 aliphatic heterocycles. The Morgan fingerprint density at radius 3 is 2.55 bits per heavy atom. The van der Waals surface area contributed by atoms with E-state index in [0.29, 0.717) is 13.2 Å². The molecule has 1 heterocycles. The Morgan fingerprint density at radius 1 is 1.15 bits per heavy atom. The van der Waals surface area contributed by atoms with Crippen LogP contribution in [0.1, 0.15) is 38.8 Å². The average Bonchev–Trinajstić information content (AvgIpc) is 2.70. The maximum atomic E-state index is 9.20. The van der Waals surface area contributed by atoms with Gasteiger partial charge in [0, 0.05) is 25.1 Å². The van der Waals surface area contributed by atoms with Gasteiger partial charge in [-0.1, -0.05) is 13.0 Å². The molecule has 0 spiro atoms. The summed E-state index contributed by atoms with van der Waals surface area (Å²) < 4.78 is 11.4. The number of rotatable bonds is 5. The second-order valence-corrected chi connectivity index (χ2v) is 5.59. The van der Waals surface area contributed by atoms with Gasteiger partial charge < -0.3 is 19.9 Å². The molecular weight excluding hydrogens is 254 g/mol. The summed E-state index contributed by atoms with van der Waals surface area (Å²) in [6.07, 6.45) is 0.920. The normalized spacial score (nSPS) is 19.0. The summed E-state index contributed by atoms with van der Waals surface area (Å²) >= 11 is 0. The quantitative estimate of drug-likeness (QED) is 0.869. The Bertz CT molecular complexity index is 436. The van der Waals surface area contributed by atoms with Crippen LogP contribution >= 0.6 is 0 Å². The van der Waals surface area contributed by atoms with Crippen molar-refractivity contribution in [2.24, 2.45) is 5.92 Å². The number of aliphatic hydroxyl groups excluding tert-OH is 1. The zero-order valence-electron chi connectivity index (χ0n) is 12.6. The predicted octanol–water partition coefficient (Wildman–Crippen LogP) is 2.52. The molecule has 3 atom stereocenters. The zero-order valence-corrected chi connectivity index (χ0v) is 12.6. The monoisotopic (exact) mass is 279 g/mol. The van der Waals surface area contributed by atoms with Crippen molar-refractivity contribution in [2.75, 3.05) is 19.8 Å². The van der Waals surface area contributed by atoms with E-state index in [1.807, 2.05) is 13.0 Å². The van der Waals surface area contributed by atoms with Crippen LogP contribution in [0.15, 0.2) is 18.2 Å². The van der Waals surface area contributed by atoms with E-state index >= 15 is 0 Å². The fraction of sp³-hybridized carbons (Fsp3) is 0.625. The van der Waals surface area contributed by atoms with Crippen molar-refractivity contribution in [3.05, 3.63) is 23.8 Å². The van der Waals surface area contributed by atoms with Gasteiger partial charge in [0.2, 0.25) is 0 Å². The molecule has 0 amide bonds. The van der Waals surface area contributed by atoms with Crippen LogP contribution in [-0.4, -0.2) is 31.0 Å². The van der Waals surface area contributed by atoms with Crippen LogP contribution in [0.2, 0.25) is 0 Å². The summed E-state index contributed by atoms with van der Waals surface area (Å²) in [7, 11) is 0. The highest BCUT2D eigenvalue weighted by Gasteiger charge is 2.17. The van der Waals surface area contributed by atoms with Gasteiger partial charge in [0.25, 0.3) is 0 Å². The maximum absolute atomic E-state index is 9.20. The van der Waals surface area contributed by atoms with Crippen LogP contribution in [0.25, 0.3) is 0 Å². The smallest absolute Gasteiger partial charge is 0.161 e. The van der Waals surface area contributed by atoms with Crippen LogP contribution in [0, 0.1) is 5.92 Å². The molecule has 2 N–H and O–H groups in total. The first kappa shape index (κ1) is 15.1. The van der Waals surface area contributed by atoms with E-state index in [9.17, 15) is 5.11 Å². The number of hydrogen-bond donors (Lipinski definition) is 2. The lowest BCUT2D eigenvalue weighted by Gasteiger charge is -2.24. The van der Waals surface area contributed by atoms with E-state index < -0.39 is 0 Å². The second-order valence-electron chi connectivity index (χ2n) is 5.59. The first-order valence-electron chi connectivity index (χ1n) is 7.38. The zero-order chi connectivity index (χ0) is 14.5. The predicted molar refractivity (Wildman–Crippen MR) is 79.3 cm³/mol. The van der Waals surface area contributed by atoms with Gasteiger partial charge in [0.15, 0.2) is 11.5 Å². The Morgan fingerprint density at radius 2 is 1.85 bits per heavy atom. The summed E-state index contributed by atoms with van der Waals surface area (Å²) in [5.41, 5.74) is 1.17. The fourth-order valence-corrected chi connectivity index (χ4v) is 2.26. The molecule has 0 fully saturated rings. The molecule has 0 bridgehead atoms. The van der Waals surface area contributed by atoms with Crippen molar-refractivity contribution in [1.82, 2.24) is 5.32 Å². The Labute approximate surface area is 121 Å². The van der Waals surface area contributed by atoms with Crippen molar-refractivity contribution < 1.29 is 14.6 Å². The van der Waals surface area contributed by atoms with Crippen LogP contribution < -0.4 is 14.8 Å². The van der Waals surface area contributed by atoms with Crippen LogP contribution in [0.4, 0.5) is 0 Å². The van der Waals surface area contributed by atoms with Crippen molar-refractivity contribution in [3.8, 4) is 11.5 Å². The number of fused-ring (bicyclic) bond motifs is 1. The van der Waals surface area contributed by atoms with Gasteiger partial charge in [-0.3, -0.25) is 0 Å². The minimum absolute atomic E-state index is 0.196. The van der Waals surface area contributed by atoms with Gasteiger partial charge in [0.05, 0.1) is 13.2 Å². The molecule has 0 aromatic heterocycles. The van der Waals surface area contributed by atoms with Crippen molar-refractivity contribution >= 4 is 0 Å². The molecular formula is C16H25NO3. The summed E-state index contributed by atoms with van der Waals surface area (Å²) in [4.78, 5) is 0. The van der Waals surface area contributed by atoms with E-state index in [-0.39, 0.29) is 24.6 Å². The van der Waals surface area contributed by atoms with Crippen LogP contribution in [0.5, 0.6) is 11.5 Å². The standard InChI is InChI=1S/C16H25NO3/c1-11(10-18)12(2)17-13(3)14-5-6-15-16(9-14)20-8-4-7-19-15/h5-6,9,11-13,17-18H,4,7-8,10H2,1-3H3. The molecule has 3 unspecified atom stereocenters. The summed E-state index contributed by atoms with van der Waals surface area (Å²) in [5.74, 6) is 1.89. The SMILES string of the molecule is CC(NC(C)C(C)CO)c1ccc2c(c1)OCCCO2. The van der Waals surface area contributed by atoms with Gasteiger partial charge in [-0.05, 0) is 37.5 Å². The first-order chi connectivity index (χ1) is 9.61. The number of hydrogen-bond acceptors (Lipinski definition) is 4. The summed E-state index contributed by atoms with van der Waals surface area (Å²) in [5, 5.41) is 12.7. The lowest BCUT2D eigenvalue weighted by molar-refractivity contribution is 0.202. The summed E-state index contributed by atoms with van der Waals surface area (Å²) in [6.45, 7) is 7.88. The van der Waals surface area contributed by atoms with Crippen molar-refractivity contribution in [2.45, 2.75) is 39.3 Å². The Hall–Kier alpha value is -1.26. The largest absolute Gasteiger partial charge is 0.490 e. The van der Waals surface area contributed by atoms with Gasteiger partial charge >= 0.3 is 0 Å². The number of aliphatic hydroxyl groups is 1. The summed E-state index contributed by atoms with van der Waals surface area (Å²) in [6, 6.07) is 6.56.